The summed E-state index contributed by atoms with van der Waals surface area (Å²) in [5, 5.41) is 0. The van der Waals surface area contributed by atoms with Gasteiger partial charge in [0.15, 0.2) is 0 Å². The molecule has 0 bridgehead atoms. The van der Waals surface area contributed by atoms with E-state index >= 15 is 0 Å². The number of ether oxygens (including phenoxy) is 1. The summed E-state index contributed by atoms with van der Waals surface area (Å²) < 4.78 is 5.52. The molecule has 0 spiro atoms. The molecule has 3 heteroatoms. The van der Waals surface area contributed by atoms with E-state index in [4.69, 9.17) is 16.2 Å². The topological polar surface area (TPSA) is 61.3 Å². The predicted octanol–water partition coefficient (Wildman–Crippen LogP) is 2.03. The molecule has 3 nitrogen and oxygen atoms in total. The van der Waals surface area contributed by atoms with E-state index in [-0.39, 0.29) is 0 Å². The van der Waals surface area contributed by atoms with E-state index < -0.39 is 0 Å². The second kappa shape index (κ2) is 6.35. The van der Waals surface area contributed by atoms with Crippen LogP contribution < -0.4 is 11.5 Å². The van der Waals surface area contributed by atoms with Gasteiger partial charge in [-0.15, -0.1) is 0 Å². The maximum absolute atomic E-state index is 5.58. The summed E-state index contributed by atoms with van der Waals surface area (Å²) in [5.41, 5.74) is 12.3. The molecule has 0 saturated carbocycles. The van der Waals surface area contributed by atoms with Crippen molar-refractivity contribution in [1.82, 2.24) is 0 Å². The summed E-state index contributed by atoms with van der Waals surface area (Å²) in [5.74, 6) is 0.533. The van der Waals surface area contributed by atoms with Gasteiger partial charge < -0.3 is 16.2 Å². The zero-order valence-electron chi connectivity index (χ0n) is 9.10. The van der Waals surface area contributed by atoms with Crippen molar-refractivity contribution in [2.75, 3.05) is 0 Å². The third-order valence-corrected chi connectivity index (χ3v) is 1.91. The first kappa shape index (κ1) is 11.9. The highest BCUT2D eigenvalue weighted by Crippen LogP contribution is 2.09. The summed E-state index contributed by atoms with van der Waals surface area (Å²) in [6.07, 6.45) is 4.75. The van der Waals surface area contributed by atoms with Gasteiger partial charge in [-0.2, -0.15) is 0 Å². The Hall–Kier alpha value is -2.16. The van der Waals surface area contributed by atoms with Crippen molar-refractivity contribution in [3.05, 3.63) is 72.3 Å². The smallest absolute Gasteiger partial charge is 0.142 e. The van der Waals surface area contributed by atoms with Crippen molar-refractivity contribution < 1.29 is 4.74 Å². The minimum Gasteiger partial charge on any atom is -0.487 e. The summed E-state index contributed by atoms with van der Waals surface area (Å²) in [7, 11) is 0. The summed E-state index contributed by atoms with van der Waals surface area (Å²) in [4.78, 5) is 0. The Kier molecular flexibility index (Phi) is 4.73. The second-order valence-corrected chi connectivity index (χ2v) is 3.22. The van der Waals surface area contributed by atoms with Gasteiger partial charge in [0.05, 0.1) is 5.70 Å². The van der Waals surface area contributed by atoms with E-state index in [1.807, 2.05) is 30.3 Å². The second-order valence-electron chi connectivity index (χ2n) is 3.22. The largest absolute Gasteiger partial charge is 0.487 e. The monoisotopic (exact) mass is 216 g/mol. The van der Waals surface area contributed by atoms with E-state index in [9.17, 15) is 0 Å². The van der Waals surface area contributed by atoms with Crippen molar-refractivity contribution in [1.29, 1.82) is 0 Å². The van der Waals surface area contributed by atoms with Crippen LogP contribution in [0.1, 0.15) is 5.56 Å². The molecule has 0 aliphatic rings. The third-order valence-electron chi connectivity index (χ3n) is 1.91. The van der Waals surface area contributed by atoms with E-state index in [1.165, 1.54) is 6.20 Å². The van der Waals surface area contributed by atoms with Crippen molar-refractivity contribution in [3.8, 4) is 0 Å². The molecule has 1 aromatic carbocycles. The fourth-order valence-electron chi connectivity index (χ4n) is 1.13. The fourth-order valence-corrected chi connectivity index (χ4v) is 1.13. The van der Waals surface area contributed by atoms with Gasteiger partial charge in [-0.05, 0) is 23.9 Å². The van der Waals surface area contributed by atoms with Crippen LogP contribution in [0.2, 0.25) is 0 Å². The molecule has 0 amide bonds. The van der Waals surface area contributed by atoms with Crippen LogP contribution in [0.5, 0.6) is 0 Å². The Bertz CT molecular complexity index is 394. The number of hydrogen-bond donors (Lipinski definition) is 2. The highest BCUT2D eigenvalue weighted by molar-refractivity contribution is 5.24. The Morgan fingerprint density at radius 1 is 1.31 bits per heavy atom. The van der Waals surface area contributed by atoms with Crippen LogP contribution in [0.25, 0.3) is 0 Å². The minimum atomic E-state index is 0.383. The fraction of sp³-hybridized carbons (Fsp3) is 0.0769. The average Bonchev–Trinajstić information content (AvgIpc) is 2.30. The maximum Gasteiger partial charge on any atom is 0.142 e. The van der Waals surface area contributed by atoms with Crippen LogP contribution in [0.3, 0.4) is 0 Å². The highest BCUT2D eigenvalue weighted by Gasteiger charge is 1.99. The lowest BCUT2D eigenvalue weighted by Gasteiger charge is -2.09. The molecule has 0 atom stereocenters. The lowest BCUT2D eigenvalue weighted by atomic mass is 10.2. The lowest BCUT2D eigenvalue weighted by Crippen LogP contribution is -2.03. The van der Waals surface area contributed by atoms with Crippen LogP contribution >= 0.6 is 0 Å². The molecule has 0 radical (unpaired) electrons. The van der Waals surface area contributed by atoms with Crippen LogP contribution in [-0.2, 0) is 11.3 Å². The molecule has 84 valence electrons. The SMILES string of the molecule is C=C(N)/C(=C\C=C/N)OCc1ccccc1. The van der Waals surface area contributed by atoms with Crippen molar-refractivity contribution in [2.24, 2.45) is 11.5 Å². The molecule has 1 aromatic rings. The van der Waals surface area contributed by atoms with Crippen LogP contribution in [0.4, 0.5) is 0 Å². The number of hydrogen-bond acceptors (Lipinski definition) is 3. The standard InChI is InChI=1S/C13H16N2O/c1-11(15)13(8-5-9-14)16-10-12-6-3-2-4-7-12/h2-9H,1,10,14-15H2/b9-5-,13-8+. The maximum atomic E-state index is 5.58. The summed E-state index contributed by atoms with van der Waals surface area (Å²) in [6.45, 7) is 4.09. The van der Waals surface area contributed by atoms with E-state index in [2.05, 4.69) is 6.58 Å². The first-order valence-electron chi connectivity index (χ1n) is 4.94. The van der Waals surface area contributed by atoms with Gasteiger partial charge in [0.25, 0.3) is 0 Å². The van der Waals surface area contributed by atoms with Crippen molar-refractivity contribution in [2.45, 2.75) is 6.61 Å². The van der Waals surface area contributed by atoms with Gasteiger partial charge in [-0.25, -0.2) is 0 Å². The van der Waals surface area contributed by atoms with Gasteiger partial charge in [0.2, 0.25) is 0 Å². The Balaban J connectivity index is 2.61. The van der Waals surface area contributed by atoms with E-state index in [0.29, 0.717) is 18.1 Å². The summed E-state index contributed by atoms with van der Waals surface area (Å²) >= 11 is 0. The molecular weight excluding hydrogens is 200 g/mol. The van der Waals surface area contributed by atoms with Gasteiger partial charge in [-0.3, -0.25) is 0 Å². The Morgan fingerprint density at radius 3 is 2.56 bits per heavy atom. The Morgan fingerprint density at radius 2 is 2.00 bits per heavy atom. The van der Waals surface area contributed by atoms with Crippen molar-refractivity contribution >= 4 is 0 Å². The molecule has 0 aliphatic carbocycles. The molecule has 0 aliphatic heterocycles. The predicted molar refractivity (Wildman–Crippen MR) is 66.0 cm³/mol. The zero-order chi connectivity index (χ0) is 11.8. The van der Waals surface area contributed by atoms with E-state index in [1.54, 1.807) is 12.2 Å². The van der Waals surface area contributed by atoms with Gasteiger partial charge in [-0.1, -0.05) is 36.9 Å². The molecule has 0 aromatic heterocycles. The van der Waals surface area contributed by atoms with Crippen LogP contribution in [-0.4, -0.2) is 0 Å². The number of benzene rings is 1. The molecule has 16 heavy (non-hydrogen) atoms. The molecule has 0 heterocycles. The molecule has 0 saturated heterocycles. The van der Waals surface area contributed by atoms with Crippen LogP contribution in [0.15, 0.2) is 66.7 Å². The normalized spacial score (nSPS) is 11.6. The zero-order valence-corrected chi connectivity index (χ0v) is 9.10. The first-order valence-corrected chi connectivity index (χ1v) is 4.94. The Labute approximate surface area is 95.7 Å². The number of allylic oxidation sites excluding steroid dienone is 2. The molecule has 1 rings (SSSR count). The summed E-state index contributed by atoms with van der Waals surface area (Å²) in [6, 6.07) is 9.84. The molecule has 4 N–H and O–H groups in total. The van der Waals surface area contributed by atoms with Gasteiger partial charge in [0, 0.05) is 0 Å². The minimum absolute atomic E-state index is 0.383. The van der Waals surface area contributed by atoms with E-state index in [0.717, 1.165) is 5.56 Å². The van der Waals surface area contributed by atoms with Gasteiger partial charge in [0.1, 0.15) is 12.4 Å². The third kappa shape index (κ3) is 3.92. The quantitative estimate of drug-likeness (QED) is 0.585. The number of nitrogens with two attached hydrogens (primary N) is 2. The average molecular weight is 216 g/mol. The van der Waals surface area contributed by atoms with Crippen molar-refractivity contribution in [3.63, 3.8) is 0 Å². The first-order chi connectivity index (χ1) is 7.74. The molecular formula is C13H16N2O. The van der Waals surface area contributed by atoms with Crippen LogP contribution in [0, 0.1) is 0 Å². The van der Waals surface area contributed by atoms with Gasteiger partial charge >= 0.3 is 0 Å². The molecule has 0 fully saturated rings. The number of rotatable bonds is 5. The highest BCUT2D eigenvalue weighted by atomic mass is 16.5. The lowest BCUT2D eigenvalue weighted by molar-refractivity contribution is 0.206. The molecule has 0 unspecified atom stereocenters.